The van der Waals surface area contributed by atoms with Gasteiger partial charge in [0, 0.05) is 56.7 Å². The van der Waals surface area contributed by atoms with Gasteiger partial charge < -0.3 is 20.0 Å². The smallest absolute Gasteiger partial charge is 0.227 e. The standard InChI is InChI=1S/C20H30N6/c1-16-6-5-7-18(14-16)25-10-12-26(13-11-25)20-22-17(2)15-19(23-20)21-8-9-24(3)4/h5-7,14-15H,8-13H2,1-4H3,(H,21,22,23). The van der Waals surface area contributed by atoms with Crippen LogP contribution in [0.3, 0.4) is 0 Å². The fourth-order valence-corrected chi connectivity index (χ4v) is 3.18. The number of piperazine rings is 1. The number of rotatable bonds is 6. The van der Waals surface area contributed by atoms with E-state index < -0.39 is 0 Å². The number of aryl methyl sites for hydroxylation is 2. The molecule has 0 spiro atoms. The number of hydrogen-bond donors (Lipinski definition) is 1. The third kappa shape index (κ3) is 4.85. The summed E-state index contributed by atoms with van der Waals surface area (Å²) >= 11 is 0. The highest BCUT2D eigenvalue weighted by molar-refractivity contribution is 5.51. The Morgan fingerprint density at radius 2 is 1.73 bits per heavy atom. The Hall–Kier alpha value is -2.34. The maximum absolute atomic E-state index is 4.73. The van der Waals surface area contributed by atoms with Crippen molar-refractivity contribution in [2.75, 3.05) is 68.5 Å². The summed E-state index contributed by atoms with van der Waals surface area (Å²) in [5, 5.41) is 3.41. The van der Waals surface area contributed by atoms with Crippen LogP contribution in [0.25, 0.3) is 0 Å². The van der Waals surface area contributed by atoms with Gasteiger partial charge in [0.2, 0.25) is 5.95 Å². The average Bonchev–Trinajstić information content (AvgIpc) is 2.61. The number of hydrogen-bond acceptors (Lipinski definition) is 6. The number of anilines is 3. The highest BCUT2D eigenvalue weighted by Gasteiger charge is 2.20. The van der Waals surface area contributed by atoms with Gasteiger partial charge in [0.25, 0.3) is 0 Å². The summed E-state index contributed by atoms with van der Waals surface area (Å²) in [5.41, 5.74) is 3.62. The molecule has 0 bridgehead atoms. The molecule has 1 saturated heterocycles. The molecule has 0 amide bonds. The molecule has 2 heterocycles. The lowest BCUT2D eigenvalue weighted by Crippen LogP contribution is -2.47. The lowest BCUT2D eigenvalue weighted by atomic mass is 10.2. The minimum absolute atomic E-state index is 0.834. The van der Waals surface area contributed by atoms with Gasteiger partial charge in [0.1, 0.15) is 5.82 Å². The van der Waals surface area contributed by atoms with Crippen LogP contribution in [-0.4, -0.2) is 68.2 Å². The van der Waals surface area contributed by atoms with Crippen molar-refractivity contribution in [1.29, 1.82) is 0 Å². The Kier molecular flexibility index (Phi) is 5.93. The zero-order valence-electron chi connectivity index (χ0n) is 16.4. The van der Waals surface area contributed by atoms with E-state index in [0.717, 1.165) is 56.7 Å². The highest BCUT2D eigenvalue weighted by Crippen LogP contribution is 2.20. The minimum atomic E-state index is 0.834. The van der Waals surface area contributed by atoms with Crippen LogP contribution in [0.15, 0.2) is 30.3 Å². The van der Waals surface area contributed by atoms with E-state index >= 15 is 0 Å². The zero-order valence-corrected chi connectivity index (χ0v) is 16.4. The maximum atomic E-state index is 4.73. The molecule has 1 fully saturated rings. The first kappa shape index (κ1) is 18.5. The van der Waals surface area contributed by atoms with E-state index in [1.165, 1.54) is 11.3 Å². The van der Waals surface area contributed by atoms with Gasteiger partial charge in [0.05, 0.1) is 0 Å². The molecule has 0 radical (unpaired) electrons. The molecule has 0 aliphatic carbocycles. The van der Waals surface area contributed by atoms with E-state index in [1.807, 2.05) is 13.0 Å². The molecule has 0 saturated carbocycles. The molecular formula is C20H30N6. The normalized spacial score (nSPS) is 14.8. The van der Waals surface area contributed by atoms with E-state index in [1.54, 1.807) is 0 Å². The molecule has 140 valence electrons. The third-order valence-corrected chi connectivity index (χ3v) is 4.64. The molecule has 1 N–H and O–H groups in total. The van der Waals surface area contributed by atoms with E-state index in [0.29, 0.717) is 0 Å². The van der Waals surface area contributed by atoms with Crippen molar-refractivity contribution < 1.29 is 0 Å². The summed E-state index contributed by atoms with van der Waals surface area (Å²) in [6, 6.07) is 10.7. The first-order chi connectivity index (χ1) is 12.5. The SMILES string of the molecule is Cc1cccc(N2CCN(c3nc(C)cc(NCCN(C)C)n3)CC2)c1. The molecule has 1 aliphatic heterocycles. The quantitative estimate of drug-likeness (QED) is 0.860. The van der Waals surface area contributed by atoms with E-state index in [2.05, 4.69) is 70.3 Å². The maximum Gasteiger partial charge on any atom is 0.227 e. The van der Waals surface area contributed by atoms with Gasteiger partial charge in [-0.2, -0.15) is 4.98 Å². The van der Waals surface area contributed by atoms with Crippen LogP contribution < -0.4 is 15.1 Å². The number of nitrogens with one attached hydrogen (secondary N) is 1. The molecular weight excluding hydrogens is 324 g/mol. The monoisotopic (exact) mass is 354 g/mol. The summed E-state index contributed by atoms with van der Waals surface area (Å²) in [6.07, 6.45) is 0. The molecule has 3 rings (SSSR count). The first-order valence-electron chi connectivity index (χ1n) is 9.32. The van der Waals surface area contributed by atoms with Gasteiger partial charge in [-0.05, 0) is 45.6 Å². The molecule has 6 heteroatoms. The summed E-state index contributed by atoms with van der Waals surface area (Å²) in [7, 11) is 4.15. The Morgan fingerprint density at radius 1 is 1.00 bits per heavy atom. The predicted octanol–water partition coefficient (Wildman–Crippen LogP) is 2.39. The van der Waals surface area contributed by atoms with Crippen molar-refractivity contribution in [3.63, 3.8) is 0 Å². The molecule has 1 aromatic carbocycles. The van der Waals surface area contributed by atoms with Crippen LogP contribution in [0.5, 0.6) is 0 Å². The lowest BCUT2D eigenvalue weighted by molar-refractivity contribution is 0.425. The van der Waals surface area contributed by atoms with E-state index in [9.17, 15) is 0 Å². The van der Waals surface area contributed by atoms with Gasteiger partial charge in [-0.3, -0.25) is 0 Å². The van der Waals surface area contributed by atoms with Crippen LogP contribution >= 0.6 is 0 Å². The molecule has 1 aliphatic rings. The average molecular weight is 355 g/mol. The Morgan fingerprint density at radius 3 is 2.42 bits per heavy atom. The van der Waals surface area contributed by atoms with Crippen LogP contribution in [0.1, 0.15) is 11.3 Å². The molecule has 0 unspecified atom stereocenters. The lowest BCUT2D eigenvalue weighted by Gasteiger charge is -2.36. The van der Waals surface area contributed by atoms with Gasteiger partial charge in [-0.15, -0.1) is 0 Å². The summed E-state index contributed by atoms with van der Waals surface area (Å²) in [6.45, 7) is 9.89. The Bertz CT molecular complexity index is 722. The number of benzene rings is 1. The Balaban J connectivity index is 1.62. The zero-order chi connectivity index (χ0) is 18.5. The Labute approximate surface area is 156 Å². The van der Waals surface area contributed by atoms with Crippen LogP contribution in [0, 0.1) is 13.8 Å². The molecule has 2 aromatic rings. The van der Waals surface area contributed by atoms with Gasteiger partial charge in [-0.1, -0.05) is 12.1 Å². The molecule has 0 atom stereocenters. The number of likely N-dealkylation sites (N-methyl/N-ethyl adjacent to an activating group) is 1. The van der Waals surface area contributed by atoms with Crippen molar-refractivity contribution >= 4 is 17.5 Å². The van der Waals surface area contributed by atoms with Crippen molar-refractivity contribution in [1.82, 2.24) is 14.9 Å². The van der Waals surface area contributed by atoms with Gasteiger partial charge >= 0.3 is 0 Å². The van der Waals surface area contributed by atoms with Crippen molar-refractivity contribution in [3.05, 3.63) is 41.6 Å². The second-order valence-corrected chi connectivity index (χ2v) is 7.24. The van der Waals surface area contributed by atoms with E-state index in [4.69, 9.17) is 4.98 Å². The van der Waals surface area contributed by atoms with Crippen LogP contribution in [0.2, 0.25) is 0 Å². The second-order valence-electron chi connectivity index (χ2n) is 7.24. The summed E-state index contributed by atoms with van der Waals surface area (Å²) < 4.78 is 0. The fraction of sp³-hybridized carbons (Fsp3) is 0.500. The van der Waals surface area contributed by atoms with Crippen molar-refractivity contribution in [2.45, 2.75) is 13.8 Å². The van der Waals surface area contributed by atoms with Crippen molar-refractivity contribution in [3.8, 4) is 0 Å². The van der Waals surface area contributed by atoms with Gasteiger partial charge in [0.15, 0.2) is 0 Å². The van der Waals surface area contributed by atoms with E-state index in [-0.39, 0.29) is 0 Å². The predicted molar refractivity (Wildman–Crippen MR) is 109 cm³/mol. The minimum Gasteiger partial charge on any atom is -0.369 e. The largest absolute Gasteiger partial charge is 0.369 e. The third-order valence-electron chi connectivity index (χ3n) is 4.64. The second kappa shape index (κ2) is 8.36. The van der Waals surface area contributed by atoms with Crippen LogP contribution in [0.4, 0.5) is 17.5 Å². The van der Waals surface area contributed by atoms with Crippen molar-refractivity contribution in [2.24, 2.45) is 0 Å². The number of aromatic nitrogens is 2. The summed E-state index contributed by atoms with van der Waals surface area (Å²) in [4.78, 5) is 16.3. The topological polar surface area (TPSA) is 47.5 Å². The van der Waals surface area contributed by atoms with Gasteiger partial charge in [-0.25, -0.2) is 4.98 Å². The highest BCUT2D eigenvalue weighted by atomic mass is 15.3. The summed E-state index contributed by atoms with van der Waals surface area (Å²) in [5.74, 6) is 1.75. The fourth-order valence-electron chi connectivity index (χ4n) is 3.18. The van der Waals surface area contributed by atoms with Crippen LogP contribution in [-0.2, 0) is 0 Å². The number of nitrogens with zero attached hydrogens (tertiary/aromatic N) is 5. The molecule has 1 aromatic heterocycles. The molecule has 26 heavy (non-hydrogen) atoms. The first-order valence-corrected chi connectivity index (χ1v) is 9.32. The molecule has 6 nitrogen and oxygen atoms in total.